The molecule has 1 aromatic rings. The van der Waals surface area contributed by atoms with Crippen molar-refractivity contribution in [1.82, 2.24) is 20.3 Å². The number of hydrogen-bond acceptors (Lipinski definition) is 5. The number of carboxylic acids is 1. The zero-order valence-electron chi connectivity index (χ0n) is 10.4. The van der Waals surface area contributed by atoms with Gasteiger partial charge in [0.25, 0.3) is 0 Å². The van der Waals surface area contributed by atoms with Gasteiger partial charge in [-0.15, -0.1) is 16.9 Å². The Labute approximate surface area is 114 Å². The fourth-order valence-electron chi connectivity index (χ4n) is 1.87. The summed E-state index contributed by atoms with van der Waals surface area (Å²) in [5, 5.41) is 18.9. The highest BCUT2D eigenvalue weighted by molar-refractivity contribution is 8.00. The summed E-state index contributed by atoms with van der Waals surface area (Å²) in [5.41, 5.74) is 0.565. The molecule has 0 saturated carbocycles. The smallest absolute Gasteiger partial charge is 0.325 e. The lowest BCUT2D eigenvalue weighted by molar-refractivity contribution is -0.138. The van der Waals surface area contributed by atoms with E-state index in [-0.39, 0.29) is 24.2 Å². The standard InChI is InChI=1S/C11H16N4O3S/c16-10(17)7-15-6-8(13-14-15)5-12-11(18)9-3-1-2-4-19-9/h6,9H,1-5,7H2,(H,12,18)(H,16,17). The molecule has 1 unspecified atom stereocenters. The Bertz CT molecular complexity index is 457. The number of carbonyl (C=O) groups is 2. The van der Waals surface area contributed by atoms with Crippen LogP contribution in [0, 0.1) is 0 Å². The van der Waals surface area contributed by atoms with E-state index in [2.05, 4.69) is 15.6 Å². The molecule has 2 N–H and O–H groups in total. The molecular weight excluding hydrogens is 268 g/mol. The molecule has 1 fully saturated rings. The summed E-state index contributed by atoms with van der Waals surface area (Å²) in [7, 11) is 0. The van der Waals surface area contributed by atoms with Gasteiger partial charge >= 0.3 is 5.97 Å². The van der Waals surface area contributed by atoms with E-state index < -0.39 is 5.97 Å². The molecule has 19 heavy (non-hydrogen) atoms. The molecule has 0 radical (unpaired) electrons. The minimum atomic E-state index is -0.973. The van der Waals surface area contributed by atoms with E-state index in [0.717, 1.165) is 18.6 Å². The average Bonchev–Trinajstić information content (AvgIpc) is 2.84. The van der Waals surface area contributed by atoms with Crippen molar-refractivity contribution in [1.29, 1.82) is 0 Å². The Kier molecular flexibility index (Phi) is 4.78. The molecule has 7 nitrogen and oxygen atoms in total. The summed E-state index contributed by atoms with van der Waals surface area (Å²) >= 11 is 1.69. The van der Waals surface area contributed by atoms with Crippen LogP contribution in [0.15, 0.2) is 6.20 Å². The second-order valence-corrected chi connectivity index (χ2v) is 5.68. The molecular formula is C11H16N4O3S. The van der Waals surface area contributed by atoms with E-state index in [4.69, 9.17) is 5.11 Å². The van der Waals surface area contributed by atoms with Gasteiger partial charge in [0, 0.05) is 0 Å². The molecule has 8 heteroatoms. The van der Waals surface area contributed by atoms with Crippen molar-refractivity contribution in [2.45, 2.75) is 37.6 Å². The van der Waals surface area contributed by atoms with Gasteiger partial charge in [0.15, 0.2) is 0 Å². The first-order chi connectivity index (χ1) is 9.15. The van der Waals surface area contributed by atoms with Crippen molar-refractivity contribution in [3.8, 4) is 0 Å². The van der Waals surface area contributed by atoms with E-state index in [1.165, 1.54) is 17.3 Å². The van der Waals surface area contributed by atoms with Crippen molar-refractivity contribution in [2.75, 3.05) is 5.75 Å². The largest absolute Gasteiger partial charge is 0.480 e. The number of aliphatic carboxylic acids is 1. The van der Waals surface area contributed by atoms with E-state index in [1.807, 2.05) is 0 Å². The van der Waals surface area contributed by atoms with Crippen molar-refractivity contribution in [2.24, 2.45) is 0 Å². The molecule has 0 aromatic carbocycles. The van der Waals surface area contributed by atoms with Crippen LogP contribution in [0.2, 0.25) is 0 Å². The summed E-state index contributed by atoms with van der Waals surface area (Å²) in [6.07, 6.45) is 4.72. The third-order valence-corrected chi connectivity index (χ3v) is 4.18. The first-order valence-corrected chi connectivity index (χ1v) is 7.20. The number of aromatic nitrogens is 3. The number of carboxylic acid groups (broad SMARTS) is 1. The van der Waals surface area contributed by atoms with Crippen LogP contribution >= 0.6 is 11.8 Å². The molecule has 0 aliphatic carbocycles. The lowest BCUT2D eigenvalue weighted by Crippen LogP contribution is -2.33. The fourth-order valence-corrected chi connectivity index (χ4v) is 3.10. The highest BCUT2D eigenvalue weighted by Gasteiger charge is 2.21. The van der Waals surface area contributed by atoms with Crippen LogP contribution in [0.1, 0.15) is 25.0 Å². The zero-order chi connectivity index (χ0) is 13.7. The third-order valence-electron chi connectivity index (χ3n) is 2.80. The normalized spacial score (nSPS) is 19.1. The molecule has 1 aliphatic heterocycles. The van der Waals surface area contributed by atoms with Gasteiger partial charge in [-0.2, -0.15) is 0 Å². The van der Waals surface area contributed by atoms with Crippen molar-refractivity contribution in [3.05, 3.63) is 11.9 Å². The summed E-state index contributed by atoms with van der Waals surface area (Å²) in [4.78, 5) is 22.4. The van der Waals surface area contributed by atoms with Gasteiger partial charge in [0.1, 0.15) is 12.2 Å². The number of hydrogen-bond donors (Lipinski definition) is 2. The van der Waals surface area contributed by atoms with Gasteiger partial charge in [-0.1, -0.05) is 11.6 Å². The highest BCUT2D eigenvalue weighted by atomic mass is 32.2. The molecule has 2 rings (SSSR count). The molecule has 2 heterocycles. The maximum Gasteiger partial charge on any atom is 0.325 e. The van der Waals surface area contributed by atoms with Crippen molar-refractivity contribution >= 4 is 23.6 Å². The third kappa shape index (κ3) is 4.23. The average molecular weight is 284 g/mol. The summed E-state index contributed by atoms with van der Waals surface area (Å²) < 4.78 is 1.24. The number of carbonyl (C=O) groups excluding carboxylic acids is 1. The molecule has 0 spiro atoms. The number of nitrogens with one attached hydrogen (secondary N) is 1. The Hall–Kier alpha value is -1.57. The monoisotopic (exact) mass is 284 g/mol. The fraction of sp³-hybridized carbons (Fsp3) is 0.636. The number of nitrogens with zero attached hydrogens (tertiary/aromatic N) is 3. The molecule has 1 amide bonds. The molecule has 0 bridgehead atoms. The quantitative estimate of drug-likeness (QED) is 0.805. The van der Waals surface area contributed by atoms with E-state index in [0.29, 0.717) is 5.69 Å². The Morgan fingerprint density at radius 3 is 3.05 bits per heavy atom. The Morgan fingerprint density at radius 1 is 1.53 bits per heavy atom. The summed E-state index contributed by atoms with van der Waals surface area (Å²) in [6, 6.07) is 0. The summed E-state index contributed by atoms with van der Waals surface area (Å²) in [6.45, 7) is 0.0644. The number of amides is 1. The predicted molar refractivity (Wildman–Crippen MR) is 69.6 cm³/mol. The highest BCUT2D eigenvalue weighted by Crippen LogP contribution is 2.24. The predicted octanol–water partition coefficient (Wildman–Crippen LogP) is 0.265. The van der Waals surface area contributed by atoms with Crippen LogP contribution in [-0.2, 0) is 22.7 Å². The van der Waals surface area contributed by atoms with Crippen LogP contribution in [0.4, 0.5) is 0 Å². The van der Waals surface area contributed by atoms with Crippen molar-refractivity contribution in [3.63, 3.8) is 0 Å². The molecule has 104 valence electrons. The van der Waals surface area contributed by atoms with Crippen LogP contribution in [-0.4, -0.2) is 43.0 Å². The molecule has 1 atom stereocenters. The first-order valence-electron chi connectivity index (χ1n) is 6.15. The second kappa shape index (κ2) is 6.55. The molecule has 1 aromatic heterocycles. The van der Waals surface area contributed by atoms with Gasteiger partial charge < -0.3 is 10.4 Å². The van der Waals surface area contributed by atoms with Gasteiger partial charge in [0.05, 0.1) is 18.0 Å². The maximum atomic E-state index is 11.9. The van der Waals surface area contributed by atoms with E-state index >= 15 is 0 Å². The van der Waals surface area contributed by atoms with Crippen molar-refractivity contribution < 1.29 is 14.7 Å². The van der Waals surface area contributed by atoms with Crippen LogP contribution < -0.4 is 5.32 Å². The minimum absolute atomic E-state index is 0.0254. The lowest BCUT2D eigenvalue weighted by atomic mass is 10.2. The van der Waals surface area contributed by atoms with Crippen LogP contribution in [0.5, 0.6) is 0 Å². The van der Waals surface area contributed by atoms with Crippen LogP contribution in [0.3, 0.4) is 0 Å². The van der Waals surface area contributed by atoms with Gasteiger partial charge in [-0.25, -0.2) is 4.68 Å². The van der Waals surface area contributed by atoms with Gasteiger partial charge in [0.2, 0.25) is 5.91 Å². The second-order valence-electron chi connectivity index (χ2n) is 4.37. The Balaban J connectivity index is 1.79. The maximum absolute atomic E-state index is 11.9. The van der Waals surface area contributed by atoms with Gasteiger partial charge in [-0.3, -0.25) is 9.59 Å². The first kappa shape index (κ1) is 13.9. The number of thioether (sulfide) groups is 1. The summed E-state index contributed by atoms with van der Waals surface area (Å²) in [5.74, 6) is 0.0870. The topological polar surface area (TPSA) is 97.1 Å². The van der Waals surface area contributed by atoms with Crippen LogP contribution in [0.25, 0.3) is 0 Å². The zero-order valence-corrected chi connectivity index (χ0v) is 11.2. The Morgan fingerprint density at radius 2 is 2.37 bits per heavy atom. The SMILES string of the molecule is O=C(O)Cn1cc(CNC(=O)C2CCCCS2)nn1. The molecule has 1 aliphatic rings. The lowest BCUT2D eigenvalue weighted by Gasteiger charge is -2.19. The van der Waals surface area contributed by atoms with E-state index in [1.54, 1.807) is 11.8 Å². The minimum Gasteiger partial charge on any atom is -0.480 e. The number of rotatable bonds is 5. The molecule has 1 saturated heterocycles. The van der Waals surface area contributed by atoms with E-state index in [9.17, 15) is 9.59 Å². The van der Waals surface area contributed by atoms with Gasteiger partial charge in [-0.05, 0) is 18.6 Å².